The van der Waals surface area contributed by atoms with E-state index in [-0.39, 0.29) is 18.3 Å². The quantitative estimate of drug-likeness (QED) is 0.819. The Morgan fingerprint density at radius 1 is 1.42 bits per heavy atom. The van der Waals surface area contributed by atoms with Crippen LogP contribution in [0, 0.1) is 11.8 Å². The van der Waals surface area contributed by atoms with Crippen molar-refractivity contribution in [3.05, 3.63) is 47.9 Å². The predicted octanol–water partition coefficient (Wildman–Crippen LogP) is 1.66. The minimum atomic E-state index is -0.363. The van der Waals surface area contributed by atoms with Crippen LogP contribution >= 0.6 is 0 Å². The molecule has 5 heteroatoms. The second-order valence-corrected chi connectivity index (χ2v) is 3.69. The van der Waals surface area contributed by atoms with Gasteiger partial charge in [0.05, 0.1) is 12.8 Å². The molecule has 0 atom stereocenters. The van der Waals surface area contributed by atoms with Gasteiger partial charge >= 0.3 is 0 Å². The van der Waals surface area contributed by atoms with E-state index < -0.39 is 0 Å². The fourth-order valence-electron chi connectivity index (χ4n) is 1.42. The molecular weight excluding hydrogens is 244 g/mol. The Balaban J connectivity index is 2.07. The molecule has 0 spiro atoms. The first-order valence-corrected chi connectivity index (χ1v) is 5.71. The van der Waals surface area contributed by atoms with Crippen molar-refractivity contribution in [2.45, 2.75) is 6.42 Å². The van der Waals surface area contributed by atoms with Gasteiger partial charge in [-0.05, 0) is 18.2 Å². The van der Waals surface area contributed by atoms with E-state index in [1.165, 1.54) is 12.3 Å². The molecule has 0 fully saturated rings. The molecule has 0 aliphatic heterocycles. The first-order valence-electron chi connectivity index (χ1n) is 5.71. The van der Waals surface area contributed by atoms with Crippen LogP contribution in [0.3, 0.4) is 0 Å². The third-order valence-electron chi connectivity index (χ3n) is 2.25. The number of amides is 1. The zero-order valence-corrected chi connectivity index (χ0v) is 10.1. The van der Waals surface area contributed by atoms with Gasteiger partial charge in [-0.25, -0.2) is 0 Å². The molecule has 0 saturated heterocycles. The molecule has 5 nitrogen and oxygen atoms in total. The number of aliphatic hydroxyl groups excluding tert-OH is 1. The van der Waals surface area contributed by atoms with Crippen LogP contribution in [0.4, 0.5) is 5.69 Å². The minimum Gasteiger partial charge on any atom is -0.395 e. The summed E-state index contributed by atoms with van der Waals surface area (Å²) in [5.41, 5.74) is 1.39. The third-order valence-corrected chi connectivity index (χ3v) is 2.25. The molecule has 0 bridgehead atoms. The van der Waals surface area contributed by atoms with E-state index in [9.17, 15) is 4.79 Å². The van der Waals surface area contributed by atoms with Gasteiger partial charge in [0.2, 0.25) is 5.76 Å². The highest BCUT2D eigenvalue weighted by Gasteiger charge is 2.09. The first-order chi connectivity index (χ1) is 9.29. The van der Waals surface area contributed by atoms with E-state index in [4.69, 9.17) is 9.63 Å². The molecule has 2 rings (SSSR count). The highest BCUT2D eigenvalue weighted by Crippen LogP contribution is 2.11. The highest BCUT2D eigenvalue weighted by molar-refractivity contribution is 6.02. The van der Waals surface area contributed by atoms with Crippen molar-refractivity contribution in [2.75, 3.05) is 11.9 Å². The van der Waals surface area contributed by atoms with Crippen molar-refractivity contribution < 1.29 is 14.4 Å². The number of aromatic nitrogens is 1. The van der Waals surface area contributed by atoms with Crippen LogP contribution in [0.25, 0.3) is 0 Å². The maximum absolute atomic E-state index is 11.7. The van der Waals surface area contributed by atoms with Gasteiger partial charge in [-0.3, -0.25) is 4.79 Å². The Morgan fingerprint density at radius 3 is 3.05 bits per heavy atom. The highest BCUT2D eigenvalue weighted by atomic mass is 16.5. The minimum absolute atomic E-state index is 0.0366. The van der Waals surface area contributed by atoms with E-state index in [1.807, 2.05) is 6.07 Å². The number of hydrogen-bond donors (Lipinski definition) is 2. The summed E-state index contributed by atoms with van der Waals surface area (Å²) < 4.78 is 4.76. The molecule has 96 valence electrons. The summed E-state index contributed by atoms with van der Waals surface area (Å²) in [7, 11) is 0. The fraction of sp³-hybridized carbons (Fsp3) is 0.143. The van der Waals surface area contributed by atoms with Gasteiger partial charge in [-0.1, -0.05) is 23.1 Å². The maximum atomic E-state index is 11.7. The van der Waals surface area contributed by atoms with Crippen LogP contribution in [0.1, 0.15) is 22.5 Å². The summed E-state index contributed by atoms with van der Waals surface area (Å²) in [5, 5.41) is 14.8. The second-order valence-electron chi connectivity index (χ2n) is 3.69. The summed E-state index contributed by atoms with van der Waals surface area (Å²) in [6, 6.07) is 8.61. The third kappa shape index (κ3) is 3.69. The van der Waals surface area contributed by atoms with Crippen molar-refractivity contribution in [3.63, 3.8) is 0 Å². The molecule has 1 heterocycles. The molecule has 19 heavy (non-hydrogen) atoms. The fourth-order valence-corrected chi connectivity index (χ4v) is 1.42. The van der Waals surface area contributed by atoms with Gasteiger partial charge in [-0.2, -0.15) is 0 Å². The monoisotopic (exact) mass is 256 g/mol. The summed E-state index contributed by atoms with van der Waals surface area (Å²) >= 11 is 0. The van der Waals surface area contributed by atoms with E-state index in [2.05, 4.69) is 22.3 Å². The molecule has 0 saturated carbocycles. The van der Waals surface area contributed by atoms with Crippen LogP contribution in [-0.2, 0) is 0 Å². The summed E-state index contributed by atoms with van der Waals surface area (Å²) in [6.07, 6.45) is 1.83. The standard InChI is InChI=1S/C14H12N2O3/c17-9-2-1-4-11-5-3-6-12(10-11)16-14(18)13-7-8-15-19-13/h3,5-8,10,17H,2,9H2,(H,16,18). The van der Waals surface area contributed by atoms with Crippen molar-refractivity contribution in [1.82, 2.24) is 5.16 Å². The van der Waals surface area contributed by atoms with E-state index in [1.54, 1.807) is 18.2 Å². The summed E-state index contributed by atoms with van der Waals surface area (Å²) in [4.78, 5) is 11.7. The lowest BCUT2D eigenvalue weighted by Crippen LogP contribution is -2.10. The van der Waals surface area contributed by atoms with Crippen molar-refractivity contribution in [2.24, 2.45) is 0 Å². The van der Waals surface area contributed by atoms with Crippen molar-refractivity contribution >= 4 is 11.6 Å². The van der Waals surface area contributed by atoms with Gasteiger partial charge in [0.1, 0.15) is 0 Å². The average Bonchev–Trinajstić information content (AvgIpc) is 2.93. The number of nitrogens with zero attached hydrogens (tertiary/aromatic N) is 1. The van der Waals surface area contributed by atoms with Crippen LogP contribution in [0.2, 0.25) is 0 Å². The van der Waals surface area contributed by atoms with Gasteiger partial charge in [0, 0.05) is 23.7 Å². The van der Waals surface area contributed by atoms with Gasteiger partial charge < -0.3 is 14.9 Å². The van der Waals surface area contributed by atoms with E-state index >= 15 is 0 Å². The summed E-state index contributed by atoms with van der Waals surface area (Å²) in [6.45, 7) is 0.0366. The summed E-state index contributed by atoms with van der Waals surface area (Å²) in [5.74, 6) is 5.50. The van der Waals surface area contributed by atoms with Crippen molar-refractivity contribution in [3.8, 4) is 11.8 Å². The molecular formula is C14H12N2O3. The zero-order valence-electron chi connectivity index (χ0n) is 10.1. The van der Waals surface area contributed by atoms with Gasteiger partial charge in [0.25, 0.3) is 5.91 Å². The van der Waals surface area contributed by atoms with Gasteiger partial charge in [0.15, 0.2) is 0 Å². The molecule has 1 aromatic heterocycles. The largest absolute Gasteiger partial charge is 0.395 e. The molecule has 2 N–H and O–H groups in total. The van der Waals surface area contributed by atoms with Crippen LogP contribution in [-0.4, -0.2) is 22.8 Å². The van der Waals surface area contributed by atoms with Crippen molar-refractivity contribution in [1.29, 1.82) is 0 Å². The smallest absolute Gasteiger partial charge is 0.294 e. The number of benzene rings is 1. The Morgan fingerprint density at radius 2 is 2.32 bits per heavy atom. The Kier molecular flexibility index (Phi) is 4.32. The first kappa shape index (κ1) is 12.9. The van der Waals surface area contributed by atoms with Crippen LogP contribution < -0.4 is 5.32 Å². The number of carbonyl (C=O) groups excluding carboxylic acids is 1. The Hall–Kier alpha value is -2.58. The maximum Gasteiger partial charge on any atom is 0.294 e. The van der Waals surface area contributed by atoms with Gasteiger partial charge in [-0.15, -0.1) is 0 Å². The normalized spacial score (nSPS) is 9.53. The molecule has 2 aromatic rings. The molecule has 1 aromatic carbocycles. The molecule has 0 aliphatic carbocycles. The second kappa shape index (κ2) is 6.38. The molecule has 1 amide bonds. The van der Waals surface area contributed by atoms with Crippen LogP contribution in [0.5, 0.6) is 0 Å². The number of aliphatic hydroxyl groups is 1. The number of hydrogen-bond acceptors (Lipinski definition) is 4. The van der Waals surface area contributed by atoms with E-state index in [0.29, 0.717) is 12.1 Å². The number of carbonyl (C=O) groups is 1. The van der Waals surface area contributed by atoms with E-state index in [0.717, 1.165) is 5.56 Å². The lowest BCUT2D eigenvalue weighted by molar-refractivity contribution is 0.0988. The SMILES string of the molecule is O=C(Nc1cccc(C#CCCO)c1)c1ccno1. The topological polar surface area (TPSA) is 75.4 Å². The number of anilines is 1. The molecule has 0 unspecified atom stereocenters. The lowest BCUT2D eigenvalue weighted by atomic mass is 10.2. The zero-order chi connectivity index (χ0) is 13.5. The average molecular weight is 256 g/mol. The number of rotatable bonds is 3. The molecule has 0 radical (unpaired) electrons. The predicted molar refractivity (Wildman–Crippen MR) is 69.5 cm³/mol. The Labute approximate surface area is 110 Å². The number of nitrogens with one attached hydrogen (secondary N) is 1. The molecule has 0 aliphatic rings. The Bertz CT molecular complexity index is 609. The van der Waals surface area contributed by atoms with Crippen LogP contribution in [0.15, 0.2) is 41.1 Å². The lowest BCUT2D eigenvalue weighted by Gasteiger charge is -2.02.